The third kappa shape index (κ3) is 2.64. The molecule has 0 radical (unpaired) electrons. The third-order valence-electron chi connectivity index (χ3n) is 2.56. The fourth-order valence-electron chi connectivity index (χ4n) is 1.69. The predicted octanol–water partition coefficient (Wildman–Crippen LogP) is 3.77. The number of hydrogen-bond donors (Lipinski definition) is 1. The molecule has 20 heavy (non-hydrogen) atoms. The molecule has 0 aliphatic heterocycles. The summed E-state index contributed by atoms with van der Waals surface area (Å²) in [6.45, 7) is 1.55. The summed E-state index contributed by atoms with van der Waals surface area (Å²) in [5.74, 6) is -1.72. The van der Waals surface area contributed by atoms with Gasteiger partial charge in [0.15, 0.2) is 0 Å². The number of aryl methyl sites for hydroxylation is 2. The van der Waals surface area contributed by atoms with Crippen molar-refractivity contribution in [1.82, 2.24) is 9.78 Å². The van der Waals surface area contributed by atoms with Crippen LogP contribution in [0, 0.1) is 12.7 Å². The SMILES string of the molecule is Cc1nn(C)c(Oc2cc(F)c(Cl)cc2Br)c1C(=O)O. The second-order valence-corrected chi connectivity index (χ2v) is 5.25. The lowest BCUT2D eigenvalue weighted by Gasteiger charge is -2.09. The van der Waals surface area contributed by atoms with Crippen molar-refractivity contribution in [2.24, 2.45) is 7.05 Å². The molecule has 0 fully saturated rings. The van der Waals surface area contributed by atoms with Gasteiger partial charge in [0.25, 0.3) is 0 Å². The van der Waals surface area contributed by atoms with Crippen LogP contribution in [0.2, 0.25) is 5.02 Å². The van der Waals surface area contributed by atoms with Crippen LogP contribution in [0.5, 0.6) is 11.6 Å². The van der Waals surface area contributed by atoms with E-state index in [1.54, 1.807) is 6.92 Å². The zero-order chi connectivity index (χ0) is 15.0. The highest BCUT2D eigenvalue weighted by Gasteiger charge is 2.22. The number of aromatic carboxylic acids is 1. The lowest BCUT2D eigenvalue weighted by Crippen LogP contribution is -2.02. The number of nitrogens with zero attached hydrogens (tertiary/aromatic N) is 2. The average Bonchev–Trinajstić information content (AvgIpc) is 2.61. The maximum absolute atomic E-state index is 13.5. The Morgan fingerprint density at radius 3 is 2.80 bits per heavy atom. The molecule has 0 atom stereocenters. The summed E-state index contributed by atoms with van der Waals surface area (Å²) >= 11 is 8.81. The van der Waals surface area contributed by atoms with Crippen molar-refractivity contribution in [3.8, 4) is 11.6 Å². The number of hydrogen-bond acceptors (Lipinski definition) is 3. The van der Waals surface area contributed by atoms with Crippen molar-refractivity contribution in [1.29, 1.82) is 0 Å². The molecule has 0 saturated heterocycles. The minimum Gasteiger partial charge on any atom is -0.477 e. The van der Waals surface area contributed by atoms with Gasteiger partial charge in [-0.25, -0.2) is 13.9 Å². The molecular formula is C12H9BrClFN2O3. The molecule has 2 aromatic rings. The van der Waals surface area contributed by atoms with Gasteiger partial charge in [-0.1, -0.05) is 11.6 Å². The molecule has 0 bridgehead atoms. The summed E-state index contributed by atoms with van der Waals surface area (Å²) in [5, 5.41) is 13.1. The number of aromatic nitrogens is 2. The summed E-state index contributed by atoms with van der Waals surface area (Å²) in [7, 11) is 1.54. The molecule has 2 rings (SSSR count). The fraction of sp³-hybridized carbons (Fsp3) is 0.167. The Morgan fingerprint density at radius 1 is 1.55 bits per heavy atom. The molecule has 8 heteroatoms. The number of benzene rings is 1. The maximum atomic E-state index is 13.5. The van der Waals surface area contributed by atoms with E-state index in [2.05, 4.69) is 21.0 Å². The summed E-state index contributed by atoms with van der Waals surface area (Å²) in [4.78, 5) is 11.2. The summed E-state index contributed by atoms with van der Waals surface area (Å²) in [6, 6.07) is 2.40. The molecule has 1 N–H and O–H groups in total. The van der Waals surface area contributed by atoms with E-state index < -0.39 is 11.8 Å². The van der Waals surface area contributed by atoms with Crippen LogP contribution in [0.15, 0.2) is 16.6 Å². The highest BCUT2D eigenvalue weighted by Crippen LogP contribution is 2.35. The largest absolute Gasteiger partial charge is 0.477 e. The molecule has 0 aliphatic rings. The zero-order valence-electron chi connectivity index (χ0n) is 10.4. The first-order valence-electron chi connectivity index (χ1n) is 5.40. The van der Waals surface area contributed by atoms with Crippen molar-refractivity contribution in [2.75, 3.05) is 0 Å². The highest BCUT2D eigenvalue weighted by molar-refractivity contribution is 9.10. The quantitative estimate of drug-likeness (QED) is 0.843. The van der Waals surface area contributed by atoms with Gasteiger partial charge in [0.05, 0.1) is 15.2 Å². The van der Waals surface area contributed by atoms with Crippen LogP contribution in [-0.4, -0.2) is 20.9 Å². The average molecular weight is 364 g/mol. The van der Waals surface area contributed by atoms with E-state index in [1.165, 1.54) is 17.8 Å². The number of carbonyl (C=O) groups is 1. The van der Waals surface area contributed by atoms with E-state index in [-0.39, 0.29) is 22.2 Å². The molecule has 1 heterocycles. The van der Waals surface area contributed by atoms with Crippen LogP contribution >= 0.6 is 27.5 Å². The Balaban J connectivity index is 2.50. The van der Waals surface area contributed by atoms with Gasteiger partial charge in [0, 0.05) is 13.1 Å². The van der Waals surface area contributed by atoms with Gasteiger partial charge in [0.2, 0.25) is 5.88 Å². The second-order valence-electron chi connectivity index (χ2n) is 3.99. The zero-order valence-corrected chi connectivity index (χ0v) is 12.8. The first kappa shape index (κ1) is 14.8. The van der Waals surface area contributed by atoms with Gasteiger partial charge < -0.3 is 9.84 Å². The number of rotatable bonds is 3. The maximum Gasteiger partial charge on any atom is 0.343 e. The number of carboxylic acid groups (broad SMARTS) is 1. The Labute approximate surface area is 127 Å². The molecule has 5 nitrogen and oxygen atoms in total. The Bertz CT molecular complexity index is 702. The van der Waals surface area contributed by atoms with Gasteiger partial charge in [-0.3, -0.25) is 0 Å². The molecule has 106 valence electrons. The van der Waals surface area contributed by atoms with Gasteiger partial charge in [0.1, 0.15) is 17.1 Å². The third-order valence-corrected chi connectivity index (χ3v) is 3.47. The fourth-order valence-corrected chi connectivity index (χ4v) is 2.41. The molecule has 1 aromatic carbocycles. The van der Waals surface area contributed by atoms with Crippen LogP contribution in [0.3, 0.4) is 0 Å². The van der Waals surface area contributed by atoms with E-state index in [0.717, 1.165) is 6.07 Å². The Hall–Kier alpha value is -1.60. The molecule has 0 saturated carbocycles. The van der Waals surface area contributed by atoms with Crippen LogP contribution in [0.1, 0.15) is 16.1 Å². The van der Waals surface area contributed by atoms with Gasteiger partial charge in [-0.15, -0.1) is 0 Å². The first-order valence-corrected chi connectivity index (χ1v) is 6.57. The van der Waals surface area contributed by atoms with Crippen LogP contribution in [0.4, 0.5) is 4.39 Å². The van der Waals surface area contributed by atoms with E-state index in [1.807, 2.05) is 0 Å². The Kier molecular flexibility index (Phi) is 4.01. The van der Waals surface area contributed by atoms with E-state index >= 15 is 0 Å². The van der Waals surface area contributed by atoms with E-state index in [9.17, 15) is 9.18 Å². The molecule has 0 unspecified atom stereocenters. The Morgan fingerprint density at radius 2 is 2.20 bits per heavy atom. The lowest BCUT2D eigenvalue weighted by atomic mass is 10.2. The van der Waals surface area contributed by atoms with Crippen molar-refractivity contribution in [3.63, 3.8) is 0 Å². The van der Waals surface area contributed by atoms with E-state index in [0.29, 0.717) is 10.2 Å². The van der Waals surface area contributed by atoms with E-state index in [4.69, 9.17) is 21.4 Å². The number of ether oxygens (including phenoxy) is 1. The molecule has 1 aromatic heterocycles. The normalized spacial score (nSPS) is 10.7. The first-order chi connectivity index (χ1) is 9.31. The standard InChI is InChI=1S/C12H9BrClFN2O3/c1-5-10(12(18)19)11(17(2)16-5)20-9-4-8(15)7(14)3-6(9)13/h3-4H,1-2H3,(H,18,19). The van der Waals surface area contributed by atoms with Crippen LogP contribution in [0.25, 0.3) is 0 Å². The predicted molar refractivity (Wildman–Crippen MR) is 74.1 cm³/mol. The van der Waals surface area contributed by atoms with Crippen molar-refractivity contribution in [3.05, 3.63) is 38.7 Å². The molecule has 0 aliphatic carbocycles. The highest BCUT2D eigenvalue weighted by atomic mass is 79.9. The van der Waals surface area contributed by atoms with Crippen molar-refractivity contribution >= 4 is 33.5 Å². The number of carboxylic acids is 1. The summed E-state index contributed by atoms with van der Waals surface area (Å²) < 4.78 is 20.6. The topological polar surface area (TPSA) is 64.4 Å². The number of halogens is 3. The molecule has 0 amide bonds. The van der Waals surface area contributed by atoms with Crippen molar-refractivity contribution < 1.29 is 19.0 Å². The van der Waals surface area contributed by atoms with Crippen LogP contribution in [-0.2, 0) is 7.05 Å². The van der Waals surface area contributed by atoms with Gasteiger partial charge in [-0.2, -0.15) is 5.10 Å². The second kappa shape index (κ2) is 5.41. The lowest BCUT2D eigenvalue weighted by molar-refractivity contribution is 0.0693. The summed E-state index contributed by atoms with van der Waals surface area (Å²) in [6.07, 6.45) is 0. The van der Waals surface area contributed by atoms with Crippen LogP contribution < -0.4 is 4.74 Å². The minimum absolute atomic E-state index is 0.0115. The van der Waals surface area contributed by atoms with Crippen molar-refractivity contribution in [2.45, 2.75) is 6.92 Å². The van der Waals surface area contributed by atoms with Gasteiger partial charge in [-0.05, 0) is 28.9 Å². The smallest absolute Gasteiger partial charge is 0.343 e. The monoisotopic (exact) mass is 362 g/mol. The summed E-state index contributed by atoms with van der Waals surface area (Å²) in [5.41, 5.74) is 0.232. The molecular weight excluding hydrogens is 354 g/mol. The minimum atomic E-state index is -1.17. The van der Waals surface area contributed by atoms with Gasteiger partial charge >= 0.3 is 5.97 Å². The molecule has 0 spiro atoms.